The number of carbonyl (C=O) groups is 4. The standard InChI is InChI=1S/C35H33NO9/c1-22(2)16-17-44-31-11-7-6-8-24(31)21-36(20-23-12-14-26(15-13-23)45-25-9-4-3-5-10-25)32(37)27-18-29(34(40)41)30(35(42)43)19-28(27)33(38)39/h3-15,18-19,22H,16-17,20-21H2,1-2H3,(H,38,39)(H,40,41)(H,42,43). The molecule has 0 unspecified atom stereocenters. The lowest BCUT2D eigenvalue weighted by Crippen LogP contribution is -2.32. The Balaban J connectivity index is 1.73. The van der Waals surface area contributed by atoms with Crippen molar-refractivity contribution in [1.82, 2.24) is 4.90 Å². The SMILES string of the molecule is CC(C)CCOc1ccccc1CN(Cc1ccc(Oc2ccccc2)cc1)C(=O)c1cc(C(=O)O)c(C(=O)O)cc1C(=O)O. The van der Waals surface area contributed by atoms with Gasteiger partial charge in [0.1, 0.15) is 17.2 Å². The van der Waals surface area contributed by atoms with Gasteiger partial charge in [0, 0.05) is 18.7 Å². The van der Waals surface area contributed by atoms with Crippen molar-refractivity contribution in [2.75, 3.05) is 6.61 Å². The summed E-state index contributed by atoms with van der Waals surface area (Å²) in [6, 6.07) is 24.9. The van der Waals surface area contributed by atoms with Crippen LogP contribution in [0.5, 0.6) is 17.2 Å². The molecule has 45 heavy (non-hydrogen) atoms. The van der Waals surface area contributed by atoms with Gasteiger partial charge in [-0.05, 0) is 60.4 Å². The lowest BCUT2D eigenvalue weighted by molar-refractivity contribution is 0.0643. The second-order valence-corrected chi connectivity index (χ2v) is 10.7. The summed E-state index contributed by atoms with van der Waals surface area (Å²) in [7, 11) is 0. The van der Waals surface area contributed by atoms with E-state index in [1.807, 2.05) is 30.3 Å². The molecule has 1 amide bonds. The number of hydrogen-bond acceptors (Lipinski definition) is 6. The Bertz CT molecular complexity index is 1680. The highest BCUT2D eigenvalue weighted by atomic mass is 16.5. The molecule has 0 saturated heterocycles. The van der Waals surface area contributed by atoms with E-state index in [2.05, 4.69) is 13.8 Å². The molecule has 0 spiro atoms. The third-order valence-corrected chi connectivity index (χ3v) is 6.93. The molecule has 4 aromatic rings. The van der Waals surface area contributed by atoms with Crippen LogP contribution < -0.4 is 9.47 Å². The maximum absolute atomic E-state index is 14.1. The Morgan fingerprint density at radius 3 is 1.80 bits per heavy atom. The third-order valence-electron chi connectivity index (χ3n) is 6.93. The average molecular weight is 612 g/mol. The van der Waals surface area contributed by atoms with Gasteiger partial charge >= 0.3 is 17.9 Å². The quantitative estimate of drug-likeness (QED) is 0.139. The molecule has 3 N–H and O–H groups in total. The maximum Gasteiger partial charge on any atom is 0.336 e. The first kappa shape index (κ1) is 32.3. The number of carboxylic acids is 3. The molecular formula is C35H33NO9. The zero-order chi connectivity index (χ0) is 32.5. The van der Waals surface area contributed by atoms with E-state index in [-0.39, 0.29) is 13.1 Å². The molecular weight excluding hydrogens is 578 g/mol. The first-order chi connectivity index (χ1) is 21.5. The fraction of sp³-hybridized carbons (Fsp3) is 0.200. The monoisotopic (exact) mass is 611 g/mol. The molecule has 0 radical (unpaired) electrons. The highest BCUT2D eigenvalue weighted by Gasteiger charge is 2.28. The van der Waals surface area contributed by atoms with Crippen LogP contribution in [-0.2, 0) is 13.1 Å². The zero-order valence-electron chi connectivity index (χ0n) is 24.8. The predicted molar refractivity (Wildman–Crippen MR) is 165 cm³/mol. The molecule has 0 heterocycles. The summed E-state index contributed by atoms with van der Waals surface area (Å²) in [6.45, 7) is 4.60. The molecule has 0 aliphatic rings. The summed E-state index contributed by atoms with van der Waals surface area (Å²) in [6.07, 6.45) is 0.810. The molecule has 0 bridgehead atoms. The van der Waals surface area contributed by atoms with Gasteiger partial charge in [0.15, 0.2) is 0 Å². The van der Waals surface area contributed by atoms with Crippen LogP contribution in [0.3, 0.4) is 0 Å². The largest absolute Gasteiger partial charge is 0.493 e. The van der Waals surface area contributed by atoms with Crippen molar-refractivity contribution in [1.29, 1.82) is 0 Å². The zero-order valence-corrected chi connectivity index (χ0v) is 24.8. The maximum atomic E-state index is 14.1. The number of carboxylic acid groups (broad SMARTS) is 3. The van der Waals surface area contributed by atoms with Crippen LogP contribution in [0.1, 0.15) is 72.8 Å². The minimum absolute atomic E-state index is 0.00687. The first-order valence-corrected chi connectivity index (χ1v) is 14.2. The fourth-order valence-electron chi connectivity index (χ4n) is 4.57. The van der Waals surface area contributed by atoms with E-state index in [1.165, 1.54) is 4.90 Å². The Labute approximate surface area is 260 Å². The van der Waals surface area contributed by atoms with Gasteiger partial charge in [0.25, 0.3) is 5.91 Å². The molecule has 4 rings (SSSR count). The van der Waals surface area contributed by atoms with Gasteiger partial charge in [-0.25, -0.2) is 14.4 Å². The number of nitrogens with zero attached hydrogens (tertiary/aromatic N) is 1. The smallest absolute Gasteiger partial charge is 0.336 e. The average Bonchev–Trinajstić information content (AvgIpc) is 3.01. The van der Waals surface area contributed by atoms with Gasteiger partial charge in [-0.1, -0.05) is 62.4 Å². The highest BCUT2D eigenvalue weighted by Crippen LogP contribution is 2.27. The molecule has 0 saturated carbocycles. The van der Waals surface area contributed by atoms with Crippen LogP contribution in [0.25, 0.3) is 0 Å². The van der Waals surface area contributed by atoms with Crippen LogP contribution in [-0.4, -0.2) is 50.6 Å². The van der Waals surface area contributed by atoms with E-state index in [0.717, 1.165) is 12.5 Å². The summed E-state index contributed by atoms with van der Waals surface area (Å²) in [5.41, 5.74) is -1.18. The molecule has 0 aliphatic heterocycles. The normalized spacial score (nSPS) is 10.7. The van der Waals surface area contributed by atoms with Crippen molar-refractivity contribution in [3.05, 3.63) is 124 Å². The van der Waals surface area contributed by atoms with Crippen molar-refractivity contribution < 1.29 is 44.0 Å². The van der Waals surface area contributed by atoms with Crippen LogP contribution in [0, 0.1) is 5.92 Å². The second kappa shape index (κ2) is 14.7. The number of aromatic carboxylic acids is 3. The van der Waals surface area contributed by atoms with Crippen molar-refractivity contribution in [2.24, 2.45) is 5.92 Å². The second-order valence-electron chi connectivity index (χ2n) is 10.7. The Kier molecular flexibility index (Phi) is 10.5. The first-order valence-electron chi connectivity index (χ1n) is 14.2. The van der Waals surface area contributed by atoms with Crippen LogP contribution in [0.4, 0.5) is 0 Å². The van der Waals surface area contributed by atoms with Gasteiger partial charge in [0.05, 0.1) is 28.9 Å². The number of para-hydroxylation sites is 2. The van der Waals surface area contributed by atoms with Crippen LogP contribution in [0.15, 0.2) is 91.0 Å². The number of amides is 1. The van der Waals surface area contributed by atoms with Crippen LogP contribution >= 0.6 is 0 Å². The summed E-state index contributed by atoms with van der Waals surface area (Å²) in [5.74, 6) is -3.43. The fourth-order valence-corrected chi connectivity index (χ4v) is 4.57. The van der Waals surface area contributed by atoms with E-state index in [1.54, 1.807) is 48.5 Å². The molecule has 0 aliphatic carbocycles. The van der Waals surface area contributed by atoms with Crippen molar-refractivity contribution in [2.45, 2.75) is 33.4 Å². The van der Waals surface area contributed by atoms with Crippen LogP contribution in [0.2, 0.25) is 0 Å². The minimum atomic E-state index is -1.63. The third kappa shape index (κ3) is 8.47. The molecule has 0 atom stereocenters. The number of carbonyl (C=O) groups excluding carboxylic acids is 1. The predicted octanol–water partition coefficient (Wildman–Crippen LogP) is 6.84. The molecule has 10 nitrogen and oxygen atoms in total. The number of rotatable bonds is 14. The summed E-state index contributed by atoms with van der Waals surface area (Å²) in [5, 5.41) is 29.1. The molecule has 232 valence electrons. The van der Waals surface area contributed by atoms with E-state index >= 15 is 0 Å². The van der Waals surface area contributed by atoms with Crippen molar-refractivity contribution >= 4 is 23.8 Å². The number of benzene rings is 4. The molecule has 0 aromatic heterocycles. The van der Waals surface area contributed by atoms with E-state index in [4.69, 9.17) is 9.47 Å². The summed E-state index contributed by atoms with van der Waals surface area (Å²) < 4.78 is 11.9. The number of ether oxygens (including phenoxy) is 2. The molecule has 4 aromatic carbocycles. The topological polar surface area (TPSA) is 151 Å². The lowest BCUT2D eigenvalue weighted by Gasteiger charge is -2.25. The Morgan fingerprint density at radius 2 is 1.20 bits per heavy atom. The highest BCUT2D eigenvalue weighted by molar-refractivity contribution is 6.10. The van der Waals surface area contributed by atoms with E-state index < -0.39 is 46.1 Å². The van der Waals surface area contributed by atoms with Gasteiger partial charge in [0.2, 0.25) is 0 Å². The van der Waals surface area contributed by atoms with Gasteiger partial charge in [-0.15, -0.1) is 0 Å². The number of hydrogen-bond donors (Lipinski definition) is 3. The molecule has 0 fully saturated rings. The van der Waals surface area contributed by atoms with E-state index in [9.17, 15) is 34.5 Å². The lowest BCUT2D eigenvalue weighted by atomic mass is 9.96. The van der Waals surface area contributed by atoms with Gasteiger partial charge in [-0.2, -0.15) is 0 Å². The van der Waals surface area contributed by atoms with Gasteiger partial charge in [-0.3, -0.25) is 4.79 Å². The summed E-state index contributed by atoms with van der Waals surface area (Å²) in [4.78, 5) is 51.3. The summed E-state index contributed by atoms with van der Waals surface area (Å²) >= 11 is 0. The van der Waals surface area contributed by atoms with Gasteiger partial charge < -0.3 is 29.7 Å². The Morgan fingerprint density at radius 1 is 0.667 bits per heavy atom. The van der Waals surface area contributed by atoms with E-state index in [0.29, 0.717) is 47.0 Å². The van der Waals surface area contributed by atoms with Crippen molar-refractivity contribution in [3.63, 3.8) is 0 Å². The molecule has 10 heteroatoms. The Hall–Kier alpha value is -5.64. The minimum Gasteiger partial charge on any atom is -0.493 e. The van der Waals surface area contributed by atoms with Crippen molar-refractivity contribution in [3.8, 4) is 17.2 Å².